The van der Waals surface area contributed by atoms with Crippen LogP contribution in [-0.2, 0) is 6.54 Å². The van der Waals surface area contributed by atoms with E-state index in [0.29, 0.717) is 30.3 Å². The fourth-order valence-electron chi connectivity index (χ4n) is 3.69. The third-order valence-corrected chi connectivity index (χ3v) is 5.41. The maximum absolute atomic E-state index is 13.4. The number of hydrogen-bond acceptors (Lipinski definition) is 6. The van der Waals surface area contributed by atoms with Crippen LogP contribution >= 0.6 is 0 Å². The molecule has 2 N–H and O–H groups in total. The van der Waals surface area contributed by atoms with Gasteiger partial charge in [-0.15, -0.1) is 0 Å². The van der Waals surface area contributed by atoms with Crippen molar-refractivity contribution in [3.63, 3.8) is 0 Å². The predicted molar refractivity (Wildman–Crippen MR) is 125 cm³/mol. The number of hydrogen-bond donors (Lipinski definition) is 2. The Hall–Kier alpha value is -3.88. The highest BCUT2D eigenvalue weighted by Gasteiger charge is 2.16. The fourth-order valence-corrected chi connectivity index (χ4v) is 3.69. The first-order chi connectivity index (χ1) is 16.7. The second-order valence-corrected chi connectivity index (χ2v) is 7.90. The minimum atomic E-state index is -0.719. The summed E-state index contributed by atoms with van der Waals surface area (Å²) in [7, 11) is 0. The molecule has 1 aliphatic heterocycles. The van der Waals surface area contributed by atoms with Crippen molar-refractivity contribution in [1.29, 1.82) is 0 Å². The summed E-state index contributed by atoms with van der Waals surface area (Å²) in [6, 6.07) is 21.4. The number of nitrogens with zero attached hydrogens (tertiary/aromatic N) is 2. The van der Waals surface area contributed by atoms with E-state index in [2.05, 4.69) is 5.32 Å². The van der Waals surface area contributed by atoms with Crippen molar-refractivity contribution >= 4 is 0 Å². The van der Waals surface area contributed by atoms with E-state index in [1.807, 2.05) is 36.5 Å². The number of fused-ring (bicyclic) bond motifs is 1. The molecule has 1 unspecified atom stereocenters. The molecule has 0 radical (unpaired) electrons. The number of aliphatic hydroxyl groups is 1. The van der Waals surface area contributed by atoms with Gasteiger partial charge in [0.25, 0.3) is 0 Å². The van der Waals surface area contributed by atoms with E-state index in [1.165, 1.54) is 12.1 Å². The zero-order valence-corrected chi connectivity index (χ0v) is 18.4. The molecule has 0 spiro atoms. The van der Waals surface area contributed by atoms with Crippen LogP contribution in [0.4, 0.5) is 4.39 Å². The second kappa shape index (κ2) is 9.94. The van der Waals surface area contributed by atoms with Gasteiger partial charge in [0.1, 0.15) is 24.3 Å². The number of aliphatic hydroxyl groups excluding tert-OH is 1. The number of rotatable bonds is 9. The molecule has 174 valence electrons. The van der Waals surface area contributed by atoms with Crippen molar-refractivity contribution in [2.24, 2.45) is 0 Å². The van der Waals surface area contributed by atoms with Crippen LogP contribution in [0.1, 0.15) is 5.56 Å². The largest absolute Gasteiger partial charge is 0.491 e. The van der Waals surface area contributed by atoms with Crippen LogP contribution in [0.15, 0.2) is 79.0 Å². The van der Waals surface area contributed by atoms with Crippen LogP contribution in [0, 0.1) is 5.82 Å². The Bertz CT molecular complexity index is 1240. The molecule has 0 saturated carbocycles. The summed E-state index contributed by atoms with van der Waals surface area (Å²) in [5.41, 5.74) is 3.43. The summed E-state index contributed by atoms with van der Waals surface area (Å²) >= 11 is 0. The molecule has 0 fully saturated rings. The maximum Gasteiger partial charge on any atom is 0.231 e. The molecule has 8 heteroatoms. The maximum atomic E-state index is 13.4. The molecule has 2 heterocycles. The summed E-state index contributed by atoms with van der Waals surface area (Å²) < 4.78 is 31.6. The van der Waals surface area contributed by atoms with Gasteiger partial charge in [-0.25, -0.2) is 9.07 Å². The number of nitrogens with one attached hydrogen (secondary N) is 1. The standard InChI is InChI=1S/C26H24FN3O4/c27-20-8-6-18(7-9-20)26-19(15-30(29-26)21-4-2-1-3-5-21)13-28-14-22(31)16-32-23-10-11-24-25(12-23)34-17-33-24/h1-12,15,22,28,31H,13-14,16-17H2. The molecule has 4 aromatic rings. The lowest BCUT2D eigenvalue weighted by Crippen LogP contribution is -2.31. The van der Waals surface area contributed by atoms with Crippen LogP contribution in [0.3, 0.4) is 0 Å². The Morgan fingerprint density at radius 2 is 1.82 bits per heavy atom. The molecular weight excluding hydrogens is 437 g/mol. The van der Waals surface area contributed by atoms with Crippen LogP contribution < -0.4 is 19.5 Å². The predicted octanol–water partition coefficient (Wildman–Crippen LogP) is 3.94. The van der Waals surface area contributed by atoms with Gasteiger partial charge in [0.15, 0.2) is 11.5 Å². The van der Waals surface area contributed by atoms with Crippen LogP contribution in [0.2, 0.25) is 0 Å². The number of para-hydroxylation sites is 1. The zero-order chi connectivity index (χ0) is 23.3. The van der Waals surface area contributed by atoms with Gasteiger partial charge in [-0.3, -0.25) is 0 Å². The lowest BCUT2D eigenvalue weighted by molar-refractivity contribution is 0.106. The molecular formula is C26H24FN3O4. The number of aromatic nitrogens is 2. The van der Waals surface area contributed by atoms with Crippen molar-refractivity contribution in [3.05, 3.63) is 90.4 Å². The summed E-state index contributed by atoms with van der Waals surface area (Å²) in [5, 5.41) is 18.4. The summed E-state index contributed by atoms with van der Waals surface area (Å²) in [4.78, 5) is 0. The van der Waals surface area contributed by atoms with Gasteiger partial charge < -0.3 is 24.6 Å². The van der Waals surface area contributed by atoms with E-state index in [4.69, 9.17) is 19.3 Å². The molecule has 0 saturated heterocycles. The number of halogens is 1. The third-order valence-electron chi connectivity index (χ3n) is 5.41. The van der Waals surface area contributed by atoms with Crippen molar-refractivity contribution in [2.75, 3.05) is 19.9 Å². The van der Waals surface area contributed by atoms with E-state index in [-0.39, 0.29) is 19.2 Å². The molecule has 0 bridgehead atoms. The minimum absolute atomic E-state index is 0.126. The lowest BCUT2D eigenvalue weighted by Gasteiger charge is -2.13. The highest BCUT2D eigenvalue weighted by Crippen LogP contribution is 2.35. The molecule has 0 amide bonds. The van der Waals surface area contributed by atoms with E-state index in [1.54, 1.807) is 35.0 Å². The Morgan fingerprint density at radius 3 is 2.65 bits per heavy atom. The van der Waals surface area contributed by atoms with Crippen molar-refractivity contribution in [3.8, 4) is 34.2 Å². The van der Waals surface area contributed by atoms with E-state index < -0.39 is 6.10 Å². The van der Waals surface area contributed by atoms with E-state index in [0.717, 1.165) is 22.5 Å². The fraction of sp³-hybridized carbons (Fsp3) is 0.192. The van der Waals surface area contributed by atoms with Crippen LogP contribution in [0.5, 0.6) is 17.2 Å². The first-order valence-electron chi connectivity index (χ1n) is 11.0. The molecule has 3 aromatic carbocycles. The quantitative estimate of drug-likeness (QED) is 0.393. The van der Waals surface area contributed by atoms with Gasteiger partial charge >= 0.3 is 0 Å². The number of benzene rings is 3. The molecule has 1 aliphatic rings. The van der Waals surface area contributed by atoms with Crippen molar-refractivity contribution < 1.29 is 23.7 Å². The summed E-state index contributed by atoms with van der Waals surface area (Å²) in [5.74, 6) is 1.62. The molecule has 1 atom stereocenters. The van der Waals surface area contributed by atoms with Gasteiger partial charge in [0.05, 0.1) is 11.4 Å². The van der Waals surface area contributed by atoms with Gasteiger partial charge in [-0.1, -0.05) is 18.2 Å². The highest BCUT2D eigenvalue weighted by molar-refractivity contribution is 5.63. The molecule has 1 aromatic heterocycles. The van der Waals surface area contributed by atoms with Crippen LogP contribution in [0.25, 0.3) is 16.9 Å². The molecule has 7 nitrogen and oxygen atoms in total. The molecule has 34 heavy (non-hydrogen) atoms. The second-order valence-electron chi connectivity index (χ2n) is 7.90. The summed E-state index contributed by atoms with van der Waals surface area (Å²) in [6.45, 7) is 1.12. The average molecular weight is 461 g/mol. The normalized spacial score (nSPS) is 13.1. The average Bonchev–Trinajstić information content (AvgIpc) is 3.51. The smallest absolute Gasteiger partial charge is 0.231 e. The van der Waals surface area contributed by atoms with E-state index >= 15 is 0 Å². The SMILES string of the molecule is OC(CNCc1cn(-c2ccccc2)nc1-c1ccc(F)cc1)COc1ccc2c(c1)OCO2. The Morgan fingerprint density at radius 1 is 1.03 bits per heavy atom. The Kier molecular flexibility index (Phi) is 6.42. The van der Waals surface area contributed by atoms with E-state index in [9.17, 15) is 9.50 Å². The van der Waals surface area contributed by atoms with Gasteiger partial charge in [-0.05, 0) is 48.5 Å². The van der Waals surface area contributed by atoms with Gasteiger partial charge in [0.2, 0.25) is 6.79 Å². The topological polar surface area (TPSA) is 77.8 Å². The minimum Gasteiger partial charge on any atom is -0.491 e. The summed E-state index contributed by atoms with van der Waals surface area (Å²) in [6.07, 6.45) is 1.22. The zero-order valence-electron chi connectivity index (χ0n) is 18.4. The van der Waals surface area contributed by atoms with Gasteiger partial charge in [-0.2, -0.15) is 5.10 Å². The van der Waals surface area contributed by atoms with Crippen molar-refractivity contribution in [1.82, 2.24) is 15.1 Å². The number of ether oxygens (including phenoxy) is 3. The van der Waals surface area contributed by atoms with Crippen LogP contribution in [-0.4, -0.2) is 40.9 Å². The Labute approximate surface area is 196 Å². The Balaban J connectivity index is 1.22. The van der Waals surface area contributed by atoms with Crippen molar-refractivity contribution in [2.45, 2.75) is 12.6 Å². The first-order valence-corrected chi connectivity index (χ1v) is 11.0. The molecule has 5 rings (SSSR count). The molecule has 0 aliphatic carbocycles. The first kappa shape index (κ1) is 21.9. The highest BCUT2D eigenvalue weighted by atomic mass is 19.1. The third kappa shape index (κ3) is 5.03. The lowest BCUT2D eigenvalue weighted by atomic mass is 10.1. The van der Waals surface area contributed by atoms with Gasteiger partial charge in [0, 0.05) is 36.5 Å². The monoisotopic (exact) mass is 461 g/mol.